The van der Waals surface area contributed by atoms with Gasteiger partial charge in [0.15, 0.2) is 0 Å². The predicted molar refractivity (Wildman–Crippen MR) is 93.0 cm³/mol. The van der Waals surface area contributed by atoms with Gasteiger partial charge in [-0.15, -0.1) is 11.8 Å². The molecule has 0 aliphatic carbocycles. The molecule has 0 atom stereocenters. The van der Waals surface area contributed by atoms with E-state index in [1.54, 1.807) is 11.8 Å². The molecule has 22 heavy (non-hydrogen) atoms. The number of benzene rings is 2. The lowest BCUT2D eigenvalue weighted by atomic mass is 10.2. The molecule has 1 amide bonds. The zero-order valence-corrected chi connectivity index (χ0v) is 13.7. The van der Waals surface area contributed by atoms with Gasteiger partial charge in [0.1, 0.15) is 0 Å². The van der Waals surface area contributed by atoms with Crippen LogP contribution >= 0.6 is 11.8 Å². The number of hydrogen-bond donors (Lipinski definition) is 1. The molecule has 0 fully saturated rings. The van der Waals surface area contributed by atoms with Crippen LogP contribution in [0.4, 0.5) is 0 Å². The fraction of sp³-hybridized carbons (Fsp3) is 0.278. The van der Waals surface area contributed by atoms with E-state index in [1.165, 1.54) is 10.5 Å². The molecule has 0 heterocycles. The molecule has 0 spiro atoms. The average Bonchev–Trinajstić information content (AvgIpc) is 2.53. The van der Waals surface area contributed by atoms with Gasteiger partial charge in [-0.05, 0) is 24.7 Å². The topological polar surface area (TPSA) is 32.3 Å². The summed E-state index contributed by atoms with van der Waals surface area (Å²) in [5, 5.41) is 2.97. The molecule has 2 aromatic carbocycles. The molecule has 0 aliphatic rings. The first-order valence-corrected chi connectivity index (χ1v) is 8.39. The summed E-state index contributed by atoms with van der Waals surface area (Å²) in [6.07, 6.45) is 0. The standard InChI is InChI=1S/C18H22N2OS/c1-20(14-16-8-4-2-5-9-16)15-18(21)19-12-13-22-17-10-6-3-7-11-17/h2-11H,12-15H2,1H3,(H,19,21). The van der Waals surface area contributed by atoms with Crippen molar-refractivity contribution in [1.29, 1.82) is 0 Å². The predicted octanol–water partition coefficient (Wildman–Crippen LogP) is 3.03. The second kappa shape index (κ2) is 9.28. The molecule has 0 unspecified atom stereocenters. The number of likely N-dealkylation sites (N-methyl/N-ethyl adjacent to an activating group) is 1. The van der Waals surface area contributed by atoms with E-state index >= 15 is 0 Å². The summed E-state index contributed by atoms with van der Waals surface area (Å²) in [6, 6.07) is 20.4. The SMILES string of the molecule is CN(CC(=O)NCCSc1ccccc1)Cc1ccccc1. The molecule has 116 valence electrons. The van der Waals surface area contributed by atoms with E-state index in [0.717, 1.165) is 12.3 Å². The largest absolute Gasteiger partial charge is 0.354 e. The number of nitrogens with one attached hydrogen (secondary N) is 1. The summed E-state index contributed by atoms with van der Waals surface area (Å²) in [5.74, 6) is 0.963. The van der Waals surface area contributed by atoms with E-state index in [1.807, 2.05) is 48.3 Å². The molecule has 0 saturated heterocycles. The molecule has 2 rings (SSSR count). The van der Waals surface area contributed by atoms with Crippen molar-refractivity contribution in [3.05, 3.63) is 66.2 Å². The van der Waals surface area contributed by atoms with Gasteiger partial charge in [-0.3, -0.25) is 9.69 Å². The fourth-order valence-electron chi connectivity index (χ4n) is 2.13. The quantitative estimate of drug-likeness (QED) is 0.600. The number of thioether (sulfide) groups is 1. The minimum atomic E-state index is 0.0760. The van der Waals surface area contributed by atoms with E-state index in [-0.39, 0.29) is 5.91 Å². The number of carbonyl (C=O) groups excluding carboxylic acids is 1. The van der Waals surface area contributed by atoms with Crippen LogP contribution in [0.3, 0.4) is 0 Å². The highest BCUT2D eigenvalue weighted by Gasteiger charge is 2.06. The van der Waals surface area contributed by atoms with Crippen molar-refractivity contribution in [2.24, 2.45) is 0 Å². The molecule has 0 bridgehead atoms. The van der Waals surface area contributed by atoms with Crippen LogP contribution in [-0.4, -0.2) is 36.7 Å². The lowest BCUT2D eigenvalue weighted by Gasteiger charge is -2.16. The van der Waals surface area contributed by atoms with E-state index < -0.39 is 0 Å². The van der Waals surface area contributed by atoms with Crippen molar-refractivity contribution in [3.63, 3.8) is 0 Å². The van der Waals surface area contributed by atoms with Crippen LogP contribution in [0.25, 0.3) is 0 Å². The van der Waals surface area contributed by atoms with Crippen LogP contribution in [0, 0.1) is 0 Å². The van der Waals surface area contributed by atoms with Crippen LogP contribution in [-0.2, 0) is 11.3 Å². The number of hydrogen-bond acceptors (Lipinski definition) is 3. The third-order valence-electron chi connectivity index (χ3n) is 3.15. The van der Waals surface area contributed by atoms with Crippen LogP contribution in [0.2, 0.25) is 0 Å². The van der Waals surface area contributed by atoms with Gasteiger partial charge in [-0.2, -0.15) is 0 Å². The molecule has 0 aromatic heterocycles. The van der Waals surface area contributed by atoms with E-state index in [9.17, 15) is 4.79 Å². The molecule has 4 heteroatoms. The first-order valence-electron chi connectivity index (χ1n) is 7.41. The molecule has 0 radical (unpaired) electrons. The van der Waals surface area contributed by atoms with Crippen LogP contribution in [0.1, 0.15) is 5.56 Å². The lowest BCUT2D eigenvalue weighted by molar-refractivity contribution is -0.121. The van der Waals surface area contributed by atoms with Gasteiger partial charge in [-0.25, -0.2) is 0 Å². The number of rotatable bonds is 8. The number of nitrogens with zero attached hydrogens (tertiary/aromatic N) is 1. The number of amides is 1. The Balaban J connectivity index is 1.61. The Morgan fingerprint density at radius 1 is 1.05 bits per heavy atom. The molecule has 0 saturated carbocycles. The minimum absolute atomic E-state index is 0.0760. The van der Waals surface area contributed by atoms with Crippen LogP contribution < -0.4 is 5.32 Å². The maximum Gasteiger partial charge on any atom is 0.234 e. The summed E-state index contributed by atoms with van der Waals surface area (Å²) in [6.45, 7) is 1.90. The van der Waals surface area contributed by atoms with Gasteiger partial charge in [0, 0.05) is 23.7 Å². The minimum Gasteiger partial charge on any atom is -0.354 e. The van der Waals surface area contributed by atoms with E-state index in [4.69, 9.17) is 0 Å². The molecular weight excluding hydrogens is 292 g/mol. The zero-order chi connectivity index (χ0) is 15.6. The summed E-state index contributed by atoms with van der Waals surface area (Å²) in [4.78, 5) is 15.2. The van der Waals surface area contributed by atoms with Gasteiger partial charge in [0.05, 0.1) is 6.54 Å². The van der Waals surface area contributed by atoms with Crippen molar-refractivity contribution in [2.75, 3.05) is 25.9 Å². The Bertz CT molecular complexity index is 560. The first-order chi connectivity index (χ1) is 10.7. The van der Waals surface area contributed by atoms with Gasteiger partial charge in [-0.1, -0.05) is 48.5 Å². The Morgan fingerprint density at radius 2 is 1.68 bits per heavy atom. The van der Waals surface area contributed by atoms with Crippen LogP contribution in [0.5, 0.6) is 0 Å². The van der Waals surface area contributed by atoms with Crippen molar-refractivity contribution >= 4 is 17.7 Å². The van der Waals surface area contributed by atoms with Gasteiger partial charge < -0.3 is 5.32 Å². The Hall–Kier alpha value is -1.78. The Morgan fingerprint density at radius 3 is 2.36 bits per heavy atom. The van der Waals surface area contributed by atoms with Gasteiger partial charge >= 0.3 is 0 Å². The molecule has 2 aromatic rings. The summed E-state index contributed by atoms with van der Waals surface area (Å²) in [7, 11) is 1.96. The van der Waals surface area contributed by atoms with E-state index in [0.29, 0.717) is 13.1 Å². The monoisotopic (exact) mass is 314 g/mol. The van der Waals surface area contributed by atoms with Crippen molar-refractivity contribution in [2.45, 2.75) is 11.4 Å². The second-order valence-corrected chi connectivity index (χ2v) is 6.34. The summed E-state index contributed by atoms with van der Waals surface area (Å²) >= 11 is 1.76. The van der Waals surface area contributed by atoms with Crippen molar-refractivity contribution < 1.29 is 4.79 Å². The van der Waals surface area contributed by atoms with Gasteiger partial charge in [0.2, 0.25) is 5.91 Å². The normalized spacial score (nSPS) is 10.6. The Labute approximate surface area is 136 Å². The van der Waals surface area contributed by atoms with Crippen molar-refractivity contribution in [1.82, 2.24) is 10.2 Å². The fourth-order valence-corrected chi connectivity index (χ4v) is 2.92. The third-order valence-corrected chi connectivity index (χ3v) is 4.16. The van der Waals surface area contributed by atoms with Crippen molar-refractivity contribution in [3.8, 4) is 0 Å². The van der Waals surface area contributed by atoms with Gasteiger partial charge in [0.25, 0.3) is 0 Å². The molecule has 3 nitrogen and oxygen atoms in total. The number of carbonyl (C=O) groups is 1. The smallest absolute Gasteiger partial charge is 0.234 e. The molecular formula is C18H22N2OS. The highest BCUT2D eigenvalue weighted by atomic mass is 32.2. The maximum atomic E-state index is 11.9. The van der Waals surface area contributed by atoms with E-state index in [2.05, 4.69) is 29.6 Å². The zero-order valence-electron chi connectivity index (χ0n) is 12.9. The highest BCUT2D eigenvalue weighted by molar-refractivity contribution is 7.99. The average molecular weight is 314 g/mol. The molecule has 1 N–H and O–H groups in total. The molecule has 0 aliphatic heterocycles. The highest BCUT2D eigenvalue weighted by Crippen LogP contribution is 2.15. The van der Waals surface area contributed by atoms with Crippen LogP contribution in [0.15, 0.2) is 65.6 Å². The maximum absolute atomic E-state index is 11.9. The first kappa shape index (κ1) is 16.6. The second-order valence-electron chi connectivity index (χ2n) is 5.17. The summed E-state index contributed by atoms with van der Waals surface area (Å²) < 4.78 is 0. The summed E-state index contributed by atoms with van der Waals surface area (Å²) in [5.41, 5.74) is 1.22. The third kappa shape index (κ3) is 6.33. The lowest BCUT2D eigenvalue weighted by Crippen LogP contribution is -2.35. The Kier molecular flexibility index (Phi) is 7.00.